The van der Waals surface area contributed by atoms with Crippen molar-refractivity contribution in [2.45, 2.75) is 58.0 Å². The molecule has 2 rings (SSSR count). The Morgan fingerprint density at radius 2 is 1.69 bits per heavy atom. The Labute approximate surface area is 98.6 Å². The summed E-state index contributed by atoms with van der Waals surface area (Å²) in [5, 5.41) is 3.35. The molecule has 1 amide bonds. The predicted octanol–water partition coefficient (Wildman–Crippen LogP) is 1.78. The fourth-order valence-corrected chi connectivity index (χ4v) is 3.12. The average molecular weight is 224 g/mol. The van der Waals surface area contributed by atoms with Crippen molar-refractivity contribution in [3.8, 4) is 0 Å². The smallest absolute Gasteiger partial charge is 0.223 e. The average Bonchev–Trinajstić information content (AvgIpc) is 2.60. The molecule has 2 fully saturated rings. The van der Waals surface area contributed by atoms with Crippen molar-refractivity contribution in [2.24, 2.45) is 5.92 Å². The fourth-order valence-electron chi connectivity index (χ4n) is 3.12. The SMILES string of the molecule is C[C@H]1CC[C@H](C)N1C(=O)CC1CCNCC1. The summed E-state index contributed by atoms with van der Waals surface area (Å²) in [6, 6.07) is 0.924. The highest BCUT2D eigenvalue weighted by atomic mass is 16.2. The van der Waals surface area contributed by atoms with Crippen molar-refractivity contribution >= 4 is 5.91 Å². The summed E-state index contributed by atoms with van der Waals surface area (Å²) in [4.78, 5) is 14.4. The maximum absolute atomic E-state index is 12.2. The lowest BCUT2D eigenvalue weighted by Gasteiger charge is -2.29. The normalized spacial score (nSPS) is 32.0. The van der Waals surface area contributed by atoms with E-state index in [-0.39, 0.29) is 0 Å². The van der Waals surface area contributed by atoms with Crippen molar-refractivity contribution in [2.75, 3.05) is 13.1 Å². The van der Waals surface area contributed by atoms with Gasteiger partial charge < -0.3 is 10.2 Å². The molecule has 2 aliphatic rings. The van der Waals surface area contributed by atoms with Crippen molar-refractivity contribution in [1.29, 1.82) is 0 Å². The Morgan fingerprint density at radius 3 is 2.25 bits per heavy atom. The lowest BCUT2D eigenvalue weighted by molar-refractivity contribution is -0.134. The number of rotatable bonds is 2. The number of carbonyl (C=O) groups is 1. The summed E-state index contributed by atoms with van der Waals surface area (Å²) in [5.41, 5.74) is 0. The molecule has 2 saturated heterocycles. The summed E-state index contributed by atoms with van der Waals surface area (Å²) in [6.45, 7) is 6.54. The zero-order valence-electron chi connectivity index (χ0n) is 10.5. The third-order valence-electron chi connectivity index (χ3n) is 4.16. The van der Waals surface area contributed by atoms with Crippen LogP contribution in [0.3, 0.4) is 0 Å². The zero-order chi connectivity index (χ0) is 11.5. The minimum Gasteiger partial charge on any atom is -0.337 e. The Kier molecular flexibility index (Phi) is 3.85. The standard InChI is InChI=1S/C13H24N2O/c1-10-3-4-11(2)15(10)13(16)9-12-5-7-14-8-6-12/h10-12,14H,3-9H2,1-2H3/t10-,11-/m0/s1. The van der Waals surface area contributed by atoms with Gasteiger partial charge >= 0.3 is 0 Å². The molecule has 2 heterocycles. The highest BCUT2D eigenvalue weighted by Gasteiger charge is 2.32. The van der Waals surface area contributed by atoms with Crippen LogP contribution >= 0.6 is 0 Å². The molecule has 2 aliphatic heterocycles. The van der Waals surface area contributed by atoms with E-state index < -0.39 is 0 Å². The highest BCUT2D eigenvalue weighted by Crippen LogP contribution is 2.26. The van der Waals surface area contributed by atoms with E-state index in [0.717, 1.165) is 19.5 Å². The molecule has 0 saturated carbocycles. The third kappa shape index (κ3) is 2.57. The summed E-state index contributed by atoms with van der Waals surface area (Å²) in [5.74, 6) is 1.01. The van der Waals surface area contributed by atoms with Crippen LogP contribution in [0.25, 0.3) is 0 Å². The first-order chi connectivity index (χ1) is 7.68. The minimum absolute atomic E-state index is 0.393. The molecule has 0 aromatic heterocycles. The second kappa shape index (κ2) is 5.17. The van der Waals surface area contributed by atoms with Crippen molar-refractivity contribution in [3.63, 3.8) is 0 Å². The van der Waals surface area contributed by atoms with Crippen LogP contribution in [-0.4, -0.2) is 36.0 Å². The number of piperidine rings is 1. The van der Waals surface area contributed by atoms with Gasteiger partial charge in [-0.1, -0.05) is 0 Å². The van der Waals surface area contributed by atoms with Crippen LogP contribution in [0.1, 0.15) is 46.0 Å². The quantitative estimate of drug-likeness (QED) is 0.775. The third-order valence-corrected chi connectivity index (χ3v) is 4.16. The van der Waals surface area contributed by atoms with Gasteiger partial charge in [-0.15, -0.1) is 0 Å². The lowest BCUT2D eigenvalue weighted by Crippen LogP contribution is -2.40. The van der Waals surface area contributed by atoms with E-state index in [1.165, 1.54) is 25.7 Å². The molecule has 92 valence electrons. The van der Waals surface area contributed by atoms with E-state index in [2.05, 4.69) is 24.1 Å². The van der Waals surface area contributed by atoms with E-state index in [9.17, 15) is 4.79 Å². The number of nitrogens with zero attached hydrogens (tertiary/aromatic N) is 1. The van der Waals surface area contributed by atoms with Gasteiger partial charge in [0, 0.05) is 18.5 Å². The molecule has 0 aromatic carbocycles. The van der Waals surface area contributed by atoms with E-state index in [1.54, 1.807) is 0 Å². The molecule has 0 aromatic rings. The maximum atomic E-state index is 12.2. The number of amides is 1. The molecule has 0 spiro atoms. The maximum Gasteiger partial charge on any atom is 0.223 e. The predicted molar refractivity (Wildman–Crippen MR) is 65.2 cm³/mol. The zero-order valence-corrected chi connectivity index (χ0v) is 10.5. The number of nitrogens with one attached hydrogen (secondary N) is 1. The molecular weight excluding hydrogens is 200 g/mol. The lowest BCUT2D eigenvalue weighted by atomic mass is 9.94. The Hall–Kier alpha value is -0.570. The first kappa shape index (κ1) is 11.9. The van der Waals surface area contributed by atoms with Crippen LogP contribution in [0.15, 0.2) is 0 Å². The second-order valence-electron chi connectivity index (χ2n) is 5.47. The number of likely N-dealkylation sites (tertiary alicyclic amines) is 1. The van der Waals surface area contributed by atoms with Gasteiger partial charge in [-0.3, -0.25) is 4.79 Å². The molecule has 2 atom stereocenters. The van der Waals surface area contributed by atoms with Crippen LogP contribution in [0.4, 0.5) is 0 Å². The van der Waals surface area contributed by atoms with Gasteiger partial charge in [-0.05, 0) is 58.5 Å². The molecule has 0 radical (unpaired) electrons. The molecule has 1 N–H and O–H groups in total. The molecule has 0 unspecified atom stereocenters. The molecule has 0 aliphatic carbocycles. The van der Waals surface area contributed by atoms with E-state index in [1.807, 2.05) is 0 Å². The topological polar surface area (TPSA) is 32.3 Å². The minimum atomic E-state index is 0.393. The van der Waals surface area contributed by atoms with Gasteiger partial charge in [0.2, 0.25) is 5.91 Å². The Bertz CT molecular complexity index is 238. The first-order valence-corrected chi connectivity index (χ1v) is 6.70. The first-order valence-electron chi connectivity index (χ1n) is 6.70. The molecule has 0 bridgehead atoms. The van der Waals surface area contributed by atoms with Gasteiger partial charge in [0.15, 0.2) is 0 Å². The van der Waals surface area contributed by atoms with Crippen LogP contribution in [0, 0.1) is 5.92 Å². The molecular formula is C13H24N2O. The van der Waals surface area contributed by atoms with Crippen LogP contribution in [-0.2, 0) is 4.79 Å². The summed E-state index contributed by atoms with van der Waals surface area (Å²) >= 11 is 0. The van der Waals surface area contributed by atoms with Crippen LogP contribution in [0.2, 0.25) is 0 Å². The van der Waals surface area contributed by atoms with E-state index in [0.29, 0.717) is 23.9 Å². The van der Waals surface area contributed by atoms with Crippen molar-refractivity contribution in [3.05, 3.63) is 0 Å². The van der Waals surface area contributed by atoms with Crippen LogP contribution < -0.4 is 5.32 Å². The number of hydrogen-bond donors (Lipinski definition) is 1. The van der Waals surface area contributed by atoms with Gasteiger partial charge in [0.25, 0.3) is 0 Å². The van der Waals surface area contributed by atoms with Crippen molar-refractivity contribution < 1.29 is 4.79 Å². The highest BCUT2D eigenvalue weighted by molar-refractivity contribution is 5.77. The van der Waals surface area contributed by atoms with Gasteiger partial charge in [-0.2, -0.15) is 0 Å². The largest absolute Gasteiger partial charge is 0.337 e. The summed E-state index contributed by atoms with van der Waals surface area (Å²) in [6.07, 6.45) is 5.47. The molecule has 3 heteroatoms. The van der Waals surface area contributed by atoms with Crippen LogP contribution in [0.5, 0.6) is 0 Å². The van der Waals surface area contributed by atoms with Gasteiger partial charge in [0.05, 0.1) is 0 Å². The number of carbonyl (C=O) groups excluding carboxylic acids is 1. The Balaban J connectivity index is 1.86. The van der Waals surface area contributed by atoms with Gasteiger partial charge in [-0.25, -0.2) is 0 Å². The van der Waals surface area contributed by atoms with E-state index >= 15 is 0 Å². The monoisotopic (exact) mass is 224 g/mol. The number of hydrogen-bond acceptors (Lipinski definition) is 2. The fraction of sp³-hybridized carbons (Fsp3) is 0.923. The second-order valence-corrected chi connectivity index (χ2v) is 5.47. The molecule has 16 heavy (non-hydrogen) atoms. The summed E-state index contributed by atoms with van der Waals surface area (Å²) < 4.78 is 0. The van der Waals surface area contributed by atoms with Gasteiger partial charge in [0.1, 0.15) is 0 Å². The van der Waals surface area contributed by atoms with E-state index in [4.69, 9.17) is 0 Å². The van der Waals surface area contributed by atoms with Crippen molar-refractivity contribution in [1.82, 2.24) is 10.2 Å². The molecule has 3 nitrogen and oxygen atoms in total. The summed E-state index contributed by atoms with van der Waals surface area (Å²) in [7, 11) is 0. The Morgan fingerprint density at radius 1 is 1.12 bits per heavy atom.